The molecular formula is C8H16O4. The van der Waals surface area contributed by atoms with Gasteiger partial charge in [0, 0.05) is 20.6 Å². The summed E-state index contributed by atoms with van der Waals surface area (Å²) in [5, 5.41) is 9.43. The Balaban J connectivity index is 2.52. The van der Waals surface area contributed by atoms with Crippen LogP contribution in [0.3, 0.4) is 0 Å². The van der Waals surface area contributed by atoms with Crippen LogP contribution in [0.25, 0.3) is 0 Å². The van der Waals surface area contributed by atoms with Crippen LogP contribution in [-0.2, 0) is 14.2 Å². The van der Waals surface area contributed by atoms with E-state index < -0.39 is 6.10 Å². The molecule has 1 fully saturated rings. The first kappa shape index (κ1) is 9.92. The molecule has 4 unspecified atom stereocenters. The lowest BCUT2D eigenvalue weighted by atomic mass is 10.0. The summed E-state index contributed by atoms with van der Waals surface area (Å²) in [7, 11) is 3.16. The van der Waals surface area contributed by atoms with Gasteiger partial charge >= 0.3 is 0 Å². The highest BCUT2D eigenvalue weighted by molar-refractivity contribution is 4.78. The van der Waals surface area contributed by atoms with Crippen molar-refractivity contribution in [3.8, 4) is 0 Å². The van der Waals surface area contributed by atoms with Gasteiger partial charge < -0.3 is 19.3 Å². The zero-order valence-electron chi connectivity index (χ0n) is 7.69. The second-order valence-electron chi connectivity index (χ2n) is 3.02. The van der Waals surface area contributed by atoms with Crippen LogP contribution in [0.4, 0.5) is 0 Å². The Morgan fingerprint density at radius 2 is 2.00 bits per heavy atom. The SMILES string of the molecule is COC1CC(O)C(C)OC1OC. The van der Waals surface area contributed by atoms with Crippen LogP contribution < -0.4 is 0 Å². The van der Waals surface area contributed by atoms with Crippen LogP contribution in [0.1, 0.15) is 13.3 Å². The fraction of sp³-hybridized carbons (Fsp3) is 1.00. The Bertz CT molecular complexity index is 123. The van der Waals surface area contributed by atoms with E-state index >= 15 is 0 Å². The highest BCUT2D eigenvalue weighted by Crippen LogP contribution is 2.22. The number of rotatable bonds is 2. The number of aliphatic hydroxyl groups excluding tert-OH is 1. The first-order chi connectivity index (χ1) is 5.69. The molecule has 0 aliphatic carbocycles. The lowest BCUT2D eigenvalue weighted by molar-refractivity contribution is -0.257. The third-order valence-corrected chi connectivity index (χ3v) is 2.20. The van der Waals surface area contributed by atoms with Gasteiger partial charge in [-0.15, -0.1) is 0 Å². The maximum absolute atomic E-state index is 9.43. The highest BCUT2D eigenvalue weighted by atomic mass is 16.7. The molecule has 1 N–H and O–H groups in total. The molecule has 0 radical (unpaired) electrons. The molecule has 0 amide bonds. The molecule has 1 aliphatic heterocycles. The third kappa shape index (κ3) is 1.95. The quantitative estimate of drug-likeness (QED) is 0.650. The smallest absolute Gasteiger partial charge is 0.183 e. The summed E-state index contributed by atoms with van der Waals surface area (Å²) in [5.74, 6) is 0. The van der Waals surface area contributed by atoms with Crippen molar-refractivity contribution in [2.24, 2.45) is 0 Å². The predicted molar refractivity (Wildman–Crippen MR) is 42.8 cm³/mol. The van der Waals surface area contributed by atoms with Gasteiger partial charge in [-0.1, -0.05) is 0 Å². The molecule has 1 heterocycles. The fourth-order valence-electron chi connectivity index (χ4n) is 1.35. The van der Waals surface area contributed by atoms with Gasteiger partial charge in [0.25, 0.3) is 0 Å². The van der Waals surface area contributed by atoms with Gasteiger partial charge in [0.2, 0.25) is 0 Å². The van der Waals surface area contributed by atoms with E-state index in [1.807, 2.05) is 6.92 Å². The Labute approximate surface area is 72.4 Å². The number of hydrogen-bond acceptors (Lipinski definition) is 4. The predicted octanol–water partition coefficient (Wildman–Crippen LogP) is 0.144. The van der Waals surface area contributed by atoms with Crippen molar-refractivity contribution in [1.82, 2.24) is 0 Å². The maximum Gasteiger partial charge on any atom is 0.183 e. The monoisotopic (exact) mass is 176 g/mol. The summed E-state index contributed by atoms with van der Waals surface area (Å²) in [4.78, 5) is 0. The second-order valence-corrected chi connectivity index (χ2v) is 3.02. The molecule has 12 heavy (non-hydrogen) atoms. The summed E-state index contributed by atoms with van der Waals surface area (Å²) in [5.41, 5.74) is 0. The molecule has 4 atom stereocenters. The molecule has 0 bridgehead atoms. The standard InChI is InChI=1S/C8H16O4/c1-5-6(9)4-7(10-2)8(11-3)12-5/h5-9H,4H2,1-3H3. The summed E-state index contributed by atoms with van der Waals surface area (Å²) in [6, 6.07) is 0. The van der Waals surface area contributed by atoms with Gasteiger partial charge in [-0.2, -0.15) is 0 Å². The van der Waals surface area contributed by atoms with Gasteiger partial charge in [0.1, 0.15) is 6.10 Å². The molecule has 1 rings (SSSR count). The maximum atomic E-state index is 9.43. The molecule has 1 saturated heterocycles. The van der Waals surface area contributed by atoms with Crippen molar-refractivity contribution in [3.63, 3.8) is 0 Å². The van der Waals surface area contributed by atoms with Gasteiger partial charge in [-0.3, -0.25) is 0 Å². The number of hydrogen-bond donors (Lipinski definition) is 1. The van der Waals surface area contributed by atoms with Crippen molar-refractivity contribution in [2.45, 2.75) is 37.9 Å². The van der Waals surface area contributed by atoms with Gasteiger partial charge in [-0.05, 0) is 6.92 Å². The van der Waals surface area contributed by atoms with E-state index in [1.165, 1.54) is 0 Å². The van der Waals surface area contributed by atoms with E-state index in [4.69, 9.17) is 14.2 Å². The van der Waals surface area contributed by atoms with E-state index in [2.05, 4.69) is 0 Å². The van der Waals surface area contributed by atoms with E-state index in [0.29, 0.717) is 6.42 Å². The average Bonchev–Trinajstić information content (AvgIpc) is 2.09. The van der Waals surface area contributed by atoms with Gasteiger partial charge in [0.05, 0.1) is 12.2 Å². The van der Waals surface area contributed by atoms with Gasteiger partial charge in [0.15, 0.2) is 6.29 Å². The van der Waals surface area contributed by atoms with Crippen molar-refractivity contribution < 1.29 is 19.3 Å². The minimum absolute atomic E-state index is 0.166. The van der Waals surface area contributed by atoms with Crippen LogP contribution in [0.5, 0.6) is 0 Å². The van der Waals surface area contributed by atoms with Gasteiger partial charge in [-0.25, -0.2) is 0 Å². The van der Waals surface area contributed by atoms with E-state index in [-0.39, 0.29) is 18.5 Å². The van der Waals surface area contributed by atoms with Crippen LogP contribution in [-0.4, -0.2) is 43.9 Å². The van der Waals surface area contributed by atoms with E-state index in [0.717, 1.165) is 0 Å². The van der Waals surface area contributed by atoms with E-state index in [1.54, 1.807) is 14.2 Å². The zero-order valence-corrected chi connectivity index (χ0v) is 7.69. The van der Waals surface area contributed by atoms with E-state index in [9.17, 15) is 5.11 Å². The Morgan fingerprint density at radius 1 is 1.33 bits per heavy atom. The molecule has 0 spiro atoms. The molecule has 72 valence electrons. The molecule has 4 nitrogen and oxygen atoms in total. The molecular weight excluding hydrogens is 160 g/mol. The van der Waals surface area contributed by atoms with Crippen molar-refractivity contribution in [1.29, 1.82) is 0 Å². The van der Waals surface area contributed by atoms with Crippen LogP contribution in [0.2, 0.25) is 0 Å². The second kappa shape index (κ2) is 4.18. The molecule has 0 aromatic rings. The minimum atomic E-state index is -0.457. The normalized spacial score (nSPS) is 43.0. The molecule has 0 saturated carbocycles. The number of methoxy groups -OCH3 is 2. The fourth-order valence-corrected chi connectivity index (χ4v) is 1.35. The summed E-state index contributed by atoms with van der Waals surface area (Å²) >= 11 is 0. The van der Waals surface area contributed by atoms with Crippen molar-refractivity contribution in [2.75, 3.05) is 14.2 Å². The van der Waals surface area contributed by atoms with Crippen LogP contribution in [0.15, 0.2) is 0 Å². The Morgan fingerprint density at radius 3 is 2.50 bits per heavy atom. The van der Waals surface area contributed by atoms with Crippen LogP contribution in [0, 0.1) is 0 Å². The third-order valence-electron chi connectivity index (χ3n) is 2.20. The first-order valence-electron chi connectivity index (χ1n) is 4.08. The average molecular weight is 176 g/mol. The summed E-state index contributed by atoms with van der Waals surface area (Å²) in [6.07, 6.45) is -0.590. The number of ether oxygens (including phenoxy) is 3. The summed E-state index contributed by atoms with van der Waals surface area (Å²) in [6.45, 7) is 1.82. The van der Waals surface area contributed by atoms with Crippen molar-refractivity contribution in [3.05, 3.63) is 0 Å². The first-order valence-corrected chi connectivity index (χ1v) is 4.08. The largest absolute Gasteiger partial charge is 0.390 e. The molecule has 1 aliphatic rings. The molecule has 0 aromatic carbocycles. The van der Waals surface area contributed by atoms with Crippen LogP contribution >= 0.6 is 0 Å². The Hall–Kier alpha value is -0.160. The highest BCUT2D eigenvalue weighted by Gasteiger charge is 2.34. The lowest BCUT2D eigenvalue weighted by Crippen LogP contribution is -2.47. The topological polar surface area (TPSA) is 47.9 Å². The zero-order chi connectivity index (χ0) is 9.14. The Kier molecular flexibility index (Phi) is 3.46. The minimum Gasteiger partial charge on any atom is -0.390 e. The van der Waals surface area contributed by atoms with Crippen molar-refractivity contribution >= 4 is 0 Å². The molecule has 4 heteroatoms. The lowest BCUT2D eigenvalue weighted by Gasteiger charge is -2.36. The molecule has 0 aromatic heterocycles. The summed E-state index contributed by atoms with van der Waals surface area (Å²) < 4.78 is 15.5. The number of aliphatic hydroxyl groups is 1.